The van der Waals surface area contributed by atoms with Gasteiger partial charge in [-0.3, -0.25) is 14.4 Å². The monoisotopic (exact) mass is 627 g/mol. The third kappa shape index (κ3) is 5.64. The number of rotatable bonds is 9. The van der Waals surface area contributed by atoms with Gasteiger partial charge in [0.2, 0.25) is 14.3 Å². The van der Waals surface area contributed by atoms with Crippen molar-refractivity contribution < 1.29 is 38.2 Å². The molecule has 0 aromatic heterocycles. The van der Waals surface area contributed by atoms with E-state index in [1.54, 1.807) is 65.4 Å². The number of amides is 3. The maximum Gasteiger partial charge on any atom is 0.264 e. The van der Waals surface area contributed by atoms with Crippen molar-refractivity contribution in [1.82, 2.24) is 4.90 Å². The number of carbonyl (C=O) groups is 3. The van der Waals surface area contributed by atoms with Crippen LogP contribution in [0, 0.1) is 5.92 Å². The molecule has 1 spiro atoms. The average molecular weight is 628 g/mol. The Hall–Kier alpha value is -3.32. The highest BCUT2D eigenvalue weighted by Gasteiger charge is 2.67. The van der Waals surface area contributed by atoms with E-state index in [9.17, 15) is 24.6 Å². The second kappa shape index (κ2) is 12.2. The molecule has 3 amide bonds. The number of benzene rings is 2. The average Bonchev–Trinajstić information content (AvgIpc) is 3.64. The van der Waals surface area contributed by atoms with E-state index >= 15 is 4.11 Å². The Morgan fingerprint density at radius 1 is 1.23 bits per heavy atom. The first-order valence-electron chi connectivity index (χ1n) is 15.2. The van der Waals surface area contributed by atoms with Crippen LogP contribution in [0.2, 0.25) is 18.6 Å². The summed E-state index contributed by atoms with van der Waals surface area (Å²) in [4.78, 5) is 43.3. The Morgan fingerprint density at radius 3 is 2.55 bits per heavy atom. The van der Waals surface area contributed by atoms with Gasteiger partial charge in [-0.25, -0.2) is 0 Å². The number of nitrogens with one attached hydrogen (secondary N) is 1. The van der Waals surface area contributed by atoms with E-state index in [1.165, 1.54) is 14.0 Å². The Balaban J connectivity index is 1.49. The van der Waals surface area contributed by atoms with Crippen molar-refractivity contribution in [2.45, 2.75) is 82.1 Å². The summed E-state index contributed by atoms with van der Waals surface area (Å²) in [5.41, 5.74) is 0.351. The van der Waals surface area contributed by atoms with Crippen molar-refractivity contribution in [3.05, 3.63) is 53.6 Å². The van der Waals surface area contributed by atoms with Gasteiger partial charge in [0, 0.05) is 29.3 Å². The molecule has 5 rings (SSSR count). The molecule has 12 heteroatoms. The number of halogens is 1. The summed E-state index contributed by atoms with van der Waals surface area (Å²) >= 11 is 0. The van der Waals surface area contributed by atoms with Gasteiger partial charge >= 0.3 is 0 Å². The smallest absolute Gasteiger partial charge is 0.264 e. The SMILES string of the molecule is COc1ccc2c(c1)[C@]1(O[C@@H](CC(=O)N3CCC[C@H]3CO)[C@H]([Si](C)(C)F)[C@H]1C)C(=O)N2Cc1ccc(NC(=O)[C@H](C)O)cc1. The maximum atomic E-state index is 16.2. The molecule has 2 aromatic rings. The number of fused-ring (bicyclic) bond motifs is 2. The minimum Gasteiger partial charge on any atom is -0.497 e. The van der Waals surface area contributed by atoms with Crippen molar-refractivity contribution in [2.75, 3.05) is 30.5 Å². The molecule has 2 fully saturated rings. The van der Waals surface area contributed by atoms with Gasteiger partial charge in [-0.2, -0.15) is 0 Å². The zero-order chi connectivity index (χ0) is 32.0. The van der Waals surface area contributed by atoms with E-state index in [4.69, 9.17) is 9.47 Å². The van der Waals surface area contributed by atoms with Crippen molar-refractivity contribution >= 4 is 37.5 Å². The molecular weight excluding hydrogens is 585 g/mol. The highest BCUT2D eigenvalue weighted by Crippen LogP contribution is 2.60. The van der Waals surface area contributed by atoms with Gasteiger partial charge in [-0.05, 0) is 68.8 Å². The first kappa shape index (κ1) is 32.1. The number of aliphatic hydroxyl groups is 2. The fraction of sp³-hybridized carbons (Fsp3) is 0.531. The van der Waals surface area contributed by atoms with Gasteiger partial charge in [0.05, 0.1) is 44.5 Å². The fourth-order valence-corrected chi connectivity index (χ4v) is 9.77. The topological polar surface area (TPSA) is 129 Å². The highest BCUT2D eigenvalue weighted by molar-refractivity contribution is 6.72. The molecule has 0 bridgehead atoms. The number of hydrogen-bond donors (Lipinski definition) is 3. The fourth-order valence-electron chi connectivity index (χ4n) is 7.28. The van der Waals surface area contributed by atoms with E-state index in [0.29, 0.717) is 29.2 Å². The molecule has 3 aliphatic rings. The Kier molecular flexibility index (Phi) is 8.91. The Morgan fingerprint density at radius 2 is 1.93 bits per heavy atom. The minimum atomic E-state index is -3.47. The van der Waals surface area contributed by atoms with Crippen LogP contribution in [0.25, 0.3) is 0 Å². The van der Waals surface area contributed by atoms with Gasteiger partial charge in [0.25, 0.3) is 11.8 Å². The van der Waals surface area contributed by atoms with Crippen LogP contribution in [0.15, 0.2) is 42.5 Å². The molecule has 3 heterocycles. The molecule has 2 saturated heterocycles. The number of hydrogen-bond acceptors (Lipinski definition) is 7. The number of nitrogens with zero attached hydrogens (tertiary/aromatic N) is 2. The molecule has 44 heavy (non-hydrogen) atoms. The predicted molar refractivity (Wildman–Crippen MR) is 165 cm³/mol. The summed E-state index contributed by atoms with van der Waals surface area (Å²) in [7, 11) is -1.93. The molecule has 3 N–H and O–H groups in total. The largest absolute Gasteiger partial charge is 0.497 e. The van der Waals surface area contributed by atoms with E-state index < -0.39 is 43.6 Å². The van der Waals surface area contributed by atoms with E-state index in [0.717, 1.165) is 18.4 Å². The second-order valence-corrected chi connectivity index (χ2v) is 16.5. The van der Waals surface area contributed by atoms with E-state index in [-0.39, 0.29) is 37.4 Å². The summed E-state index contributed by atoms with van der Waals surface area (Å²) in [5.74, 6) is -1.09. The standard InChI is InChI=1S/C32H42FN3O7Si/c1-19-29(44(4,5)33)27(16-28(39)35-14-6-7-23(35)18-37)43-32(19)25-15-24(42-3)12-13-26(25)36(31(32)41)17-21-8-10-22(11-9-21)34-30(40)20(2)38/h8-13,15,19-20,23,27,29,37-38H,6-7,14,16-18H2,1-5H3,(H,34,40)/t19-,20+,23+,27+,29-,32+/m1/s1. The number of likely N-dealkylation sites (tertiary alicyclic amines) is 1. The Labute approximate surface area is 258 Å². The summed E-state index contributed by atoms with van der Waals surface area (Å²) in [6, 6.07) is 12.0. The lowest BCUT2D eigenvalue weighted by molar-refractivity contribution is -0.150. The van der Waals surface area contributed by atoms with Crippen LogP contribution in [-0.4, -0.2) is 79.8 Å². The van der Waals surface area contributed by atoms with Crippen LogP contribution in [0.5, 0.6) is 5.75 Å². The van der Waals surface area contributed by atoms with Crippen LogP contribution in [0.4, 0.5) is 15.5 Å². The summed E-state index contributed by atoms with van der Waals surface area (Å²) in [6.45, 7) is 7.03. The first-order valence-corrected chi connectivity index (χ1v) is 18.1. The zero-order valence-corrected chi connectivity index (χ0v) is 26.9. The van der Waals surface area contributed by atoms with Crippen LogP contribution >= 0.6 is 0 Å². The molecule has 0 aliphatic carbocycles. The maximum absolute atomic E-state index is 16.2. The van der Waals surface area contributed by atoms with Crippen LogP contribution in [0.1, 0.15) is 44.2 Å². The van der Waals surface area contributed by atoms with Crippen molar-refractivity contribution in [2.24, 2.45) is 5.92 Å². The van der Waals surface area contributed by atoms with Crippen molar-refractivity contribution in [3.8, 4) is 5.75 Å². The van der Waals surface area contributed by atoms with Gasteiger partial charge < -0.3 is 38.9 Å². The number of anilines is 2. The quantitative estimate of drug-likeness (QED) is 0.286. The van der Waals surface area contributed by atoms with E-state index in [2.05, 4.69) is 5.32 Å². The highest BCUT2D eigenvalue weighted by atomic mass is 28.4. The summed E-state index contributed by atoms with van der Waals surface area (Å²) in [6.07, 6.45) is -0.523. The number of ether oxygens (including phenoxy) is 2. The van der Waals surface area contributed by atoms with Crippen molar-refractivity contribution in [3.63, 3.8) is 0 Å². The molecule has 2 aromatic carbocycles. The lowest BCUT2D eigenvalue weighted by Crippen LogP contribution is -2.45. The molecule has 3 aliphatic heterocycles. The molecule has 0 radical (unpaired) electrons. The third-order valence-electron chi connectivity index (χ3n) is 9.39. The summed E-state index contributed by atoms with van der Waals surface area (Å²) in [5, 5.41) is 21.9. The van der Waals surface area contributed by atoms with Gasteiger partial charge in [-0.1, -0.05) is 19.1 Å². The minimum absolute atomic E-state index is 0.0696. The van der Waals surface area contributed by atoms with Crippen LogP contribution < -0.4 is 15.0 Å². The van der Waals surface area contributed by atoms with Crippen LogP contribution in [-0.2, 0) is 31.3 Å². The number of aliphatic hydroxyl groups excluding tert-OH is 2. The molecule has 6 atom stereocenters. The number of methoxy groups -OCH3 is 1. The molecule has 0 saturated carbocycles. The normalized spacial score (nSPS) is 27.1. The molecular formula is C32H42FN3O7Si. The molecule has 238 valence electrons. The van der Waals surface area contributed by atoms with E-state index in [1.807, 2.05) is 6.92 Å². The summed E-state index contributed by atoms with van der Waals surface area (Å²) < 4.78 is 28.4. The van der Waals surface area contributed by atoms with Gasteiger partial charge in [0.1, 0.15) is 11.9 Å². The second-order valence-electron chi connectivity index (χ2n) is 12.7. The van der Waals surface area contributed by atoms with Gasteiger partial charge in [0.15, 0.2) is 5.60 Å². The predicted octanol–water partition coefficient (Wildman–Crippen LogP) is 3.71. The number of carbonyl (C=O) groups excluding carboxylic acids is 3. The first-order chi connectivity index (χ1) is 20.8. The molecule has 10 nitrogen and oxygen atoms in total. The lowest BCUT2D eigenvalue weighted by Gasteiger charge is -2.31. The Bertz CT molecular complexity index is 1420. The van der Waals surface area contributed by atoms with Gasteiger partial charge in [-0.15, -0.1) is 0 Å². The van der Waals surface area contributed by atoms with Crippen molar-refractivity contribution in [1.29, 1.82) is 0 Å². The molecule has 0 unspecified atom stereocenters. The zero-order valence-electron chi connectivity index (χ0n) is 25.9. The van der Waals surface area contributed by atoms with Crippen LogP contribution in [0.3, 0.4) is 0 Å². The lowest BCUT2D eigenvalue weighted by atomic mass is 9.82. The third-order valence-corrected chi connectivity index (χ3v) is 11.9.